The summed E-state index contributed by atoms with van der Waals surface area (Å²) >= 11 is 3.47. The molecule has 0 aliphatic rings. The monoisotopic (exact) mass is 452 g/mol. The predicted octanol–water partition coefficient (Wildman–Crippen LogP) is 4.70. The maximum absolute atomic E-state index is 13.1. The third kappa shape index (κ3) is 5.24. The molecule has 3 aromatic carbocycles. The molecular formula is C24H25BrN2O2. The van der Waals surface area contributed by atoms with Gasteiger partial charge in [-0.15, -0.1) is 0 Å². The van der Waals surface area contributed by atoms with E-state index in [4.69, 9.17) is 0 Å². The van der Waals surface area contributed by atoms with Crippen LogP contribution in [0.4, 0.5) is 0 Å². The number of carbonyl (C=O) groups excluding carboxylic acids is 2. The summed E-state index contributed by atoms with van der Waals surface area (Å²) in [6.07, 6.45) is 0.985. The van der Waals surface area contributed by atoms with Gasteiger partial charge in [0, 0.05) is 24.5 Å². The molecule has 0 aromatic heterocycles. The number of hydrogen-bond donors (Lipinski definition) is 1. The van der Waals surface area contributed by atoms with Gasteiger partial charge in [0.25, 0.3) is 0 Å². The van der Waals surface area contributed by atoms with E-state index in [2.05, 4.69) is 45.5 Å². The molecule has 4 nitrogen and oxygen atoms in total. The Morgan fingerprint density at radius 1 is 1.03 bits per heavy atom. The number of rotatable bonds is 7. The number of likely N-dealkylation sites (N-methyl/N-ethyl adjacent to an activating group) is 1. The number of benzene rings is 3. The Bertz CT molecular complexity index is 1010. The maximum Gasteiger partial charge on any atom is 0.242 e. The fraction of sp³-hybridized carbons (Fsp3) is 0.250. The van der Waals surface area contributed by atoms with Gasteiger partial charge in [-0.25, -0.2) is 0 Å². The quantitative estimate of drug-likeness (QED) is 0.564. The van der Waals surface area contributed by atoms with Crippen molar-refractivity contribution in [3.63, 3.8) is 0 Å². The number of nitrogens with zero attached hydrogens (tertiary/aromatic N) is 1. The van der Waals surface area contributed by atoms with Crippen LogP contribution in [0.1, 0.15) is 24.5 Å². The molecule has 0 heterocycles. The summed E-state index contributed by atoms with van der Waals surface area (Å²) in [5.41, 5.74) is 2.13. The lowest BCUT2D eigenvalue weighted by atomic mass is 10.0. The Hall–Kier alpha value is -2.66. The molecule has 150 valence electrons. The minimum absolute atomic E-state index is 0.0333. The van der Waals surface area contributed by atoms with Gasteiger partial charge < -0.3 is 10.2 Å². The zero-order valence-corrected chi connectivity index (χ0v) is 18.3. The Labute approximate surface area is 180 Å². The third-order valence-corrected chi connectivity index (χ3v) is 5.64. The van der Waals surface area contributed by atoms with E-state index in [0.29, 0.717) is 19.4 Å². The summed E-state index contributed by atoms with van der Waals surface area (Å²) in [5, 5.41) is 4.99. The lowest BCUT2D eigenvalue weighted by molar-refractivity contribution is -0.140. The van der Waals surface area contributed by atoms with Crippen molar-refractivity contribution in [2.45, 2.75) is 32.4 Å². The fourth-order valence-corrected chi connectivity index (χ4v) is 3.97. The van der Waals surface area contributed by atoms with E-state index in [-0.39, 0.29) is 11.8 Å². The average Bonchev–Trinajstić information content (AvgIpc) is 2.74. The molecule has 0 bridgehead atoms. The molecule has 1 atom stereocenters. The molecule has 2 amide bonds. The smallest absolute Gasteiger partial charge is 0.242 e. The first-order valence-corrected chi connectivity index (χ1v) is 10.5. The van der Waals surface area contributed by atoms with Crippen LogP contribution in [0.3, 0.4) is 0 Å². The van der Waals surface area contributed by atoms with Gasteiger partial charge in [0.1, 0.15) is 6.04 Å². The highest BCUT2D eigenvalue weighted by Gasteiger charge is 2.25. The summed E-state index contributed by atoms with van der Waals surface area (Å²) in [6, 6.07) is 21.6. The molecule has 5 heteroatoms. The van der Waals surface area contributed by atoms with Crippen molar-refractivity contribution >= 4 is 38.5 Å². The molecule has 0 saturated heterocycles. The summed E-state index contributed by atoms with van der Waals surface area (Å²) < 4.78 is 0.950. The molecule has 0 aliphatic heterocycles. The second-order valence-electron chi connectivity index (χ2n) is 7.08. The summed E-state index contributed by atoms with van der Waals surface area (Å²) in [6.45, 7) is 2.16. The van der Waals surface area contributed by atoms with Crippen LogP contribution in [0.2, 0.25) is 0 Å². The van der Waals surface area contributed by atoms with Crippen LogP contribution in [0.15, 0.2) is 71.2 Å². The molecule has 3 rings (SSSR count). The summed E-state index contributed by atoms with van der Waals surface area (Å²) in [7, 11) is 1.59. The molecule has 0 fully saturated rings. The highest BCUT2D eigenvalue weighted by molar-refractivity contribution is 9.10. The molecule has 0 spiro atoms. The summed E-state index contributed by atoms with van der Waals surface area (Å²) in [4.78, 5) is 27.0. The highest BCUT2D eigenvalue weighted by Crippen LogP contribution is 2.21. The van der Waals surface area contributed by atoms with E-state index in [0.717, 1.165) is 15.6 Å². The number of aryl methyl sites for hydroxylation is 1. The van der Waals surface area contributed by atoms with Gasteiger partial charge in [-0.1, -0.05) is 70.5 Å². The van der Waals surface area contributed by atoms with E-state index >= 15 is 0 Å². The molecular weight excluding hydrogens is 428 g/mol. The number of hydrogen-bond acceptors (Lipinski definition) is 2. The van der Waals surface area contributed by atoms with Gasteiger partial charge in [0.2, 0.25) is 11.8 Å². The van der Waals surface area contributed by atoms with Crippen LogP contribution in [0.5, 0.6) is 0 Å². The van der Waals surface area contributed by atoms with Crippen LogP contribution < -0.4 is 5.32 Å². The topological polar surface area (TPSA) is 49.4 Å². The zero-order valence-electron chi connectivity index (χ0n) is 16.7. The van der Waals surface area contributed by atoms with Crippen molar-refractivity contribution < 1.29 is 9.59 Å². The molecule has 0 radical (unpaired) electrons. The van der Waals surface area contributed by atoms with E-state index in [9.17, 15) is 9.59 Å². The van der Waals surface area contributed by atoms with E-state index in [1.54, 1.807) is 18.9 Å². The van der Waals surface area contributed by atoms with Gasteiger partial charge in [-0.3, -0.25) is 9.59 Å². The van der Waals surface area contributed by atoms with Gasteiger partial charge in [0.15, 0.2) is 0 Å². The predicted molar refractivity (Wildman–Crippen MR) is 120 cm³/mol. The van der Waals surface area contributed by atoms with Crippen molar-refractivity contribution in [1.82, 2.24) is 10.2 Å². The largest absolute Gasteiger partial charge is 0.357 e. The number of halogens is 1. The highest BCUT2D eigenvalue weighted by atomic mass is 79.9. The third-order valence-electron chi connectivity index (χ3n) is 5.14. The second-order valence-corrected chi connectivity index (χ2v) is 8.00. The van der Waals surface area contributed by atoms with Crippen molar-refractivity contribution in [2.75, 3.05) is 7.05 Å². The molecule has 1 N–H and O–H groups in total. The molecule has 29 heavy (non-hydrogen) atoms. The van der Waals surface area contributed by atoms with Gasteiger partial charge in [0.05, 0.1) is 0 Å². The van der Waals surface area contributed by atoms with E-state index in [1.807, 2.05) is 42.5 Å². The van der Waals surface area contributed by atoms with E-state index in [1.165, 1.54) is 10.8 Å². The van der Waals surface area contributed by atoms with Crippen LogP contribution in [0.25, 0.3) is 10.8 Å². The first-order valence-electron chi connectivity index (χ1n) is 9.71. The first-order chi connectivity index (χ1) is 14.0. The Kier molecular flexibility index (Phi) is 7.04. The van der Waals surface area contributed by atoms with Crippen LogP contribution in [-0.4, -0.2) is 29.8 Å². The first kappa shape index (κ1) is 21.1. The van der Waals surface area contributed by atoms with Crippen molar-refractivity contribution in [3.05, 3.63) is 82.3 Å². The second kappa shape index (κ2) is 9.70. The molecule has 1 unspecified atom stereocenters. The minimum atomic E-state index is -0.543. The Morgan fingerprint density at radius 3 is 2.52 bits per heavy atom. The van der Waals surface area contributed by atoms with Gasteiger partial charge in [-0.05, 0) is 47.4 Å². The van der Waals surface area contributed by atoms with Crippen molar-refractivity contribution in [3.8, 4) is 0 Å². The average molecular weight is 453 g/mol. The Balaban J connectivity index is 1.79. The molecule has 0 saturated carbocycles. The number of carbonyl (C=O) groups is 2. The number of fused-ring (bicyclic) bond motifs is 1. The van der Waals surface area contributed by atoms with Crippen molar-refractivity contribution in [2.24, 2.45) is 0 Å². The van der Waals surface area contributed by atoms with Gasteiger partial charge in [-0.2, -0.15) is 0 Å². The lowest BCUT2D eigenvalue weighted by Crippen LogP contribution is -2.46. The van der Waals surface area contributed by atoms with Gasteiger partial charge >= 0.3 is 0 Å². The molecule has 0 aliphatic carbocycles. The van der Waals surface area contributed by atoms with Crippen LogP contribution >= 0.6 is 15.9 Å². The summed E-state index contributed by atoms with van der Waals surface area (Å²) in [5.74, 6) is -0.201. The van der Waals surface area contributed by atoms with Crippen LogP contribution in [0, 0.1) is 0 Å². The maximum atomic E-state index is 13.1. The number of nitrogens with one attached hydrogen (secondary N) is 1. The number of amides is 2. The molecule has 3 aromatic rings. The van der Waals surface area contributed by atoms with Crippen molar-refractivity contribution in [1.29, 1.82) is 0 Å². The standard InChI is InChI=1S/C24H25BrN2O2/c1-17(24(29)26-2)27(16-18-7-5-11-21(25)15-18)23(28)14-13-20-10-6-9-19-8-3-4-12-22(19)20/h3-12,15,17H,13-14,16H2,1-2H3,(H,26,29). The zero-order chi connectivity index (χ0) is 20.8. The fourth-order valence-electron chi connectivity index (χ4n) is 3.52. The normalized spacial score (nSPS) is 11.8. The Morgan fingerprint density at radius 2 is 1.76 bits per heavy atom. The van der Waals surface area contributed by atoms with E-state index < -0.39 is 6.04 Å². The SMILES string of the molecule is CNC(=O)C(C)N(Cc1cccc(Br)c1)C(=O)CCc1cccc2ccccc12. The minimum Gasteiger partial charge on any atom is -0.357 e. The lowest BCUT2D eigenvalue weighted by Gasteiger charge is -2.28. The van der Waals surface area contributed by atoms with Crippen LogP contribution in [-0.2, 0) is 22.6 Å².